The van der Waals surface area contributed by atoms with Crippen LogP contribution in [0.3, 0.4) is 0 Å². The quantitative estimate of drug-likeness (QED) is 0.769. The molecule has 2 aromatic rings. The Hall–Kier alpha value is -2.46. The number of carbonyl (C=O) groups excluding carboxylic acids is 1. The molecular formula is C18H16ClF3N2O4S. The molecule has 1 heterocycles. The van der Waals surface area contributed by atoms with E-state index in [-0.39, 0.29) is 28.8 Å². The predicted octanol–water partition coefficient (Wildman–Crippen LogP) is 3.91. The molecule has 1 unspecified atom stereocenters. The van der Waals surface area contributed by atoms with Crippen molar-refractivity contribution in [3.8, 4) is 5.75 Å². The summed E-state index contributed by atoms with van der Waals surface area (Å²) in [5, 5.41) is 2.03. The molecule has 156 valence electrons. The first-order valence-electron chi connectivity index (χ1n) is 8.46. The fourth-order valence-electron chi connectivity index (χ4n) is 2.83. The molecule has 1 atom stereocenters. The van der Waals surface area contributed by atoms with Crippen LogP contribution >= 0.6 is 11.6 Å². The smallest absolute Gasteiger partial charge is 0.418 e. The average molecular weight is 449 g/mol. The number of para-hydroxylation sites is 2. The van der Waals surface area contributed by atoms with E-state index in [0.29, 0.717) is 6.07 Å². The minimum atomic E-state index is -4.74. The second kappa shape index (κ2) is 7.75. The molecule has 0 spiro atoms. The number of nitrogens with one attached hydrogen (secondary N) is 1. The lowest BCUT2D eigenvalue weighted by atomic mass is 10.1. The fraction of sp³-hybridized carbons (Fsp3) is 0.278. The van der Waals surface area contributed by atoms with E-state index in [1.807, 2.05) is 0 Å². The Morgan fingerprint density at radius 2 is 1.97 bits per heavy atom. The van der Waals surface area contributed by atoms with E-state index >= 15 is 0 Å². The molecule has 0 saturated heterocycles. The molecule has 29 heavy (non-hydrogen) atoms. The normalized spacial score (nSPS) is 16.7. The molecule has 0 aromatic heterocycles. The summed E-state index contributed by atoms with van der Waals surface area (Å²) in [6.45, 7) is 1.08. The second-order valence-electron chi connectivity index (χ2n) is 6.18. The monoisotopic (exact) mass is 448 g/mol. The topological polar surface area (TPSA) is 75.7 Å². The molecule has 1 amide bonds. The van der Waals surface area contributed by atoms with Crippen LogP contribution in [0.1, 0.15) is 12.5 Å². The van der Waals surface area contributed by atoms with Gasteiger partial charge in [0.25, 0.3) is 5.91 Å². The Balaban J connectivity index is 1.92. The Morgan fingerprint density at radius 3 is 2.62 bits per heavy atom. The number of anilines is 2. The number of sulfonamides is 1. The van der Waals surface area contributed by atoms with E-state index < -0.39 is 39.5 Å². The van der Waals surface area contributed by atoms with Crippen molar-refractivity contribution in [3.63, 3.8) is 0 Å². The highest BCUT2D eigenvalue weighted by molar-refractivity contribution is 7.92. The molecule has 0 fully saturated rings. The molecule has 3 rings (SSSR count). The summed E-state index contributed by atoms with van der Waals surface area (Å²) in [6.07, 6.45) is -6.09. The highest BCUT2D eigenvalue weighted by Crippen LogP contribution is 2.38. The molecule has 0 bridgehead atoms. The zero-order chi connectivity index (χ0) is 21.4. The number of hydrogen-bond acceptors (Lipinski definition) is 4. The van der Waals surface area contributed by atoms with Gasteiger partial charge in [-0.05, 0) is 37.3 Å². The van der Waals surface area contributed by atoms with Gasteiger partial charge in [-0.25, -0.2) is 8.42 Å². The summed E-state index contributed by atoms with van der Waals surface area (Å²) in [6, 6.07) is 9.15. The van der Waals surface area contributed by atoms with Crippen LogP contribution < -0.4 is 14.4 Å². The van der Waals surface area contributed by atoms with Gasteiger partial charge in [0.1, 0.15) is 5.75 Å². The lowest BCUT2D eigenvalue weighted by molar-refractivity contribution is -0.137. The summed E-state index contributed by atoms with van der Waals surface area (Å²) in [4.78, 5) is 12.6. The van der Waals surface area contributed by atoms with Crippen molar-refractivity contribution >= 4 is 38.9 Å². The van der Waals surface area contributed by atoms with Gasteiger partial charge < -0.3 is 10.1 Å². The van der Waals surface area contributed by atoms with Crippen LogP contribution in [0.5, 0.6) is 5.75 Å². The van der Waals surface area contributed by atoms with E-state index in [9.17, 15) is 26.4 Å². The van der Waals surface area contributed by atoms with Crippen molar-refractivity contribution < 1.29 is 31.1 Å². The number of alkyl halides is 3. The first kappa shape index (κ1) is 21.3. The summed E-state index contributed by atoms with van der Waals surface area (Å²) >= 11 is 5.64. The van der Waals surface area contributed by atoms with Crippen LogP contribution in [0, 0.1) is 0 Å². The van der Waals surface area contributed by atoms with Gasteiger partial charge in [-0.3, -0.25) is 9.10 Å². The standard InChI is InChI=1S/C18H16ClF3N2O4S/c1-2-29(26,27)24-10-16(28-15-6-4-3-5-14(15)24)17(25)23-13-8-7-11(19)9-12(13)18(20,21)22/h3-9,16H,2,10H2,1H3,(H,23,25). The van der Waals surface area contributed by atoms with Crippen molar-refractivity contribution in [2.75, 3.05) is 21.9 Å². The van der Waals surface area contributed by atoms with Crippen molar-refractivity contribution in [1.29, 1.82) is 0 Å². The first-order chi connectivity index (χ1) is 13.5. The third-order valence-electron chi connectivity index (χ3n) is 4.27. The maximum Gasteiger partial charge on any atom is 0.418 e. The third kappa shape index (κ3) is 4.43. The fourth-order valence-corrected chi connectivity index (χ4v) is 4.13. The van der Waals surface area contributed by atoms with Gasteiger partial charge in [-0.15, -0.1) is 0 Å². The van der Waals surface area contributed by atoms with E-state index in [0.717, 1.165) is 10.4 Å². The number of fused-ring (bicyclic) bond motifs is 1. The van der Waals surface area contributed by atoms with E-state index in [1.54, 1.807) is 12.1 Å². The summed E-state index contributed by atoms with van der Waals surface area (Å²) in [7, 11) is -3.74. The van der Waals surface area contributed by atoms with Crippen molar-refractivity contribution in [2.45, 2.75) is 19.2 Å². The molecule has 1 N–H and O–H groups in total. The molecule has 0 saturated carbocycles. The molecule has 6 nitrogen and oxygen atoms in total. The maximum atomic E-state index is 13.3. The minimum absolute atomic E-state index is 0.140. The molecule has 1 aliphatic rings. The number of nitrogens with zero attached hydrogens (tertiary/aromatic N) is 1. The Bertz CT molecular complexity index is 1040. The Labute approximate surface area is 170 Å². The van der Waals surface area contributed by atoms with E-state index in [2.05, 4.69) is 5.32 Å². The van der Waals surface area contributed by atoms with Crippen molar-refractivity contribution in [1.82, 2.24) is 0 Å². The van der Waals surface area contributed by atoms with E-state index in [4.69, 9.17) is 16.3 Å². The molecule has 1 aliphatic heterocycles. The number of halogens is 4. The van der Waals surface area contributed by atoms with Crippen LogP contribution in [-0.2, 0) is 21.0 Å². The molecule has 0 aliphatic carbocycles. The first-order valence-corrected chi connectivity index (χ1v) is 10.5. The van der Waals surface area contributed by atoms with Gasteiger partial charge in [0.15, 0.2) is 6.10 Å². The van der Waals surface area contributed by atoms with Gasteiger partial charge >= 0.3 is 6.18 Å². The largest absolute Gasteiger partial charge is 0.476 e. The van der Waals surface area contributed by atoms with Gasteiger partial charge in [0, 0.05) is 5.02 Å². The predicted molar refractivity (Wildman–Crippen MR) is 103 cm³/mol. The van der Waals surface area contributed by atoms with Crippen LogP contribution in [0.25, 0.3) is 0 Å². The number of rotatable bonds is 4. The van der Waals surface area contributed by atoms with Gasteiger partial charge in [0.2, 0.25) is 10.0 Å². The molecular weight excluding hydrogens is 433 g/mol. The second-order valence-corrected chi connectivity index (χ2v) is 8.80. The lowest BCUT2D eigenvalue weighted by Crippen LogP contribution is -2.49. The van der Waals surface area contributed by atoms with Crippen LogP contribution in [0.15, 0.2) is 42.5 Å². The summed E-state index contributed by atoms with van der Waals surface area (Å²) in [5.41, 5.74) is -1.35. The van der Waals surface area contributed by atoms with Crippen molar-refractivity contribution in [2.24, 2.45) is 0 Å². The molecule has 2 aromatic carbocycles. The summed E-state index contributed by atoms with van der Waals surface area (Å²) < 4.78 is 71.2. The summed E-state index contributed by atoms with van der Waals surface area (Å²) in [5.74, 6) is -0.989. The SMILES string of the molecule is CCS(=O)(=O)N1CC(C(=O)Nc2ccc(Cl)cc2C(F)(F)F)Oc2ccccc21. The van der Waals surface area contributed by atoms with Crippen LogP contribution in [0.2, 0.25) is 5.02 Å². The highest BCUT2D eigenvalue weighted by Gasteiger charge is 2.38. The van der Waals surface area contributed by atoms with E-state index in [1.165, 1.54) is 25.1 Å². The van der Waals surface area contributed by atoms with Crippen LogP contribution in [-0.4, -0.2) is 32.7 Å². The maximum absolute atomic E-state index is 13.3. The number of benzene rings is 2. The number of amides is 1. The average Bonchev–Trinajstić information content (AvgIpc) is 2.67. The van der Waals surface area contributed by atoms with Gasteiger partial charge in [-0.1, -0.05) is 23.7 Å². The third-order valence-corrected chi connectivity index (χ3v) is 6.25. The minimum Gasteiger partial charge on any atom is -0.476 e. The highest BCUT2D eigenvalue weighted by atomic mass is 35.5. The van der Waals surface area contributed by atoms with Gasteiger partial charge in [-0.2, -0.15) is 13.2 Å². The number of ether oxygens (including phenoxy) is 1. The zero-order valence-electron chi connectivity index (χ0n) is 15.0. The number of hydrogen-bond donors (Lipinski definition) is 1. The molecule has 11 heteroatoms. The number of carbonyl (C=O) groups is 1. The Kier molecular flexibility index (Phi) is 5.68. The van der Waals surface area contributed by atoms with Gasteiger partial charge in [0.05, 0.1) is 29.2 Å². The zero-order valence-corrected chi connectivity index (χ0v) is 16.6. The van der Waals surface area contributed by atoms with Crippen LogP contribution in [0.4, 0.5) is 24.5 Å². The lowest BCUT2D eigenvalue weighted by Gasteiger charge is -2.34. The van der Waals surface area contributed by atoms with Crippen molar-refractivity contribution in [3.05, 3.63) is 53.1 Å². The Morgan fingerprint density at radius 1 is 1.28 bits per heavy atom. The molecule has 0 radical (unpaired) electrons.